The molecule has 0 aliphatic rings. The maximum Gasteiger partial charge on any atom is 0.348 e. The number of fused-ring (bicyclic) bond motifs is 1. The number of nitrogens with one attached hydrogen (secondary N) is 1. The van der Waals surface area contributed by atoms with E-state index in [1.54, 1.807) is 23.8 Å². The SMILES string of the molecule is COc1ccc(-n2cnc3c(C#N)[nH]c(=O)nc32)cc1. The normalized spacial score (nSPS) is 10.4. The van der Waals surface area contributed by atoms with E-state index >= 15 is 0 Å². The molecule has 1 N–H and O–H groups in total. The minimum Gasteiger partial charge on any atom is -0.497 e. The van der Waals surface area contributed by atoms with Crippen LogP contribution >= 0.6 is 0 Å². The lowest BCUT2D eigenvalue weighted by molar-refractivity contribution is 0.415. The third kappa shape index (κ3) is 1.80. The van der Waals surface area contributed by atoms with E-state index in [1.807, 2.05) is 18.2 Å². The Morgan fingerprint density at radius 1 is 1.35 bits per heavy atom. The van der Waals surface area contributed by atoms with E-state index in [0.717, 1.165) is 11.4 Å². The fraction of sp³-hybridized carbons (Fsp3) is 0.0769. The van der Waals surface area contributed by atoms with Crippen molar-refractivity contribution in [2.45, 2.75) is 0 Å². The van der Waals surface area contributed by atoms with Gasteiger partial charge in [0, 0.05) is 5.69 Å². The van der Waals surface area contributed by atoms with E-state index < -0.39 is 5.69 Å². The Kier molecular flexibility index (Phi) is 2.69. The largest absolute Gasteiger partial charge is 0.497 e. The number of imidazole rings is 1. The van der Waals surface area contributed by atoms with Gasteiger partial charge in [-0.05, 0) is 24.3 Å². The highest BCUT2D eigenvalue weighted by molar-refractivity contribution is 5.77. The predicted octanol–water partition coefficient (Wildman–Crippen LogP) is 0.989. The average molecular weight is 267 g/mol. The lowest BCUT2D eigenvalue weighted by Gasteiger charge is -2.04. The van der Waals surface area contributed by atoms with Crippen molar-refractivity contribution in [3.8, 4) is 17.5 Å². The summed E-state index contributed by atoms with van der Waals surface area (Å²) >= 11 is 0. The first-order valence-electron chi connectivity index (χ1n) is 5.75. The molecule has 0 spiro atoms. The number of rotatable bonds is 2. The Morgan fingerprint density at radius 2 is 2.10 bits per heavy atom. The number of nitriles is 1. The monoisotopic (exact) mass is 267 g/mol. The molecule has 0 aliphatic carbocycles. The topological polar surface area (TPSA) is 96.6 Å². The van der Waals surface area contributed by atoms with E-state index in [4.69, 9.17) is 10.00 Å². The maximum absolute atomic E-state index is 11.5. The van der Waals surface area contributed by atoms with Gasteiger partial charge in [-0.25, -0.2) is 9.78 Å². The number of nitrogens with zero attached hydrogens (tertiary/aromatic N) is 4. The van der Waals surface area contributed by atoms with Crippen molar-refractivity contribution >= 4 is 11.2 Å². The number of hydrogen-bond acceptors (Lipinski definition) is 5. The van der Waals surface area contributed by atoms with Crippen molar-refractivity contribution in [2.75, 3.05) is 7.11 Å². The molecule has 0 fully saturated rings. The molecule has 2 aromatic heterocycles. The van der Waals surface area contributed by atoms with Crippen LogP contribution in [0.3, 0.4) is 0 Å². The molecular weight excluding hydrogens is 258 g/mol. The van der Waals surface area contributed by atoms with E-state index in [9.17, 15) is 4.79 Å². The number of hydrogen-bond donors (Lipinski definition) is 1. The summed E-state index contributed by atoms with van der Waals surface area (Å²) in [5.74, 6) is 0.724. The molecule has 0 atom stereocenters. The zero-order valence-corrected chi connectivity index (χ0v) is 10.5. The second kappa shape index (κ2) is 4.51. The van der Waals surface area contributed by atoms with E-state index in [1.165, 1.54) is 6.33 Å². The molecular formula is C13H9N5O2. The third-order valence-corrected chi connectivity index (χ3v) is 2.88. The van der Waals surface area contributed by atoms with Crippen molar-refractivity contribution in [2.24, 2.45) is 0 Å². The molecule has 7 heteroatoms. The Bertz CT molecular complexity index is 870. The number of H-pyrrole nitrogens is 1. The number of aromatic amines is 1. The summed E-state index contributed by atoms with van der Waals surface area (Å²) in [7, 11) is 1.59. The summed E-state index contributed by atoms with van der Waals surface area (Å²) in [4.78, 5) is 21.8. The number of benzene rings is 1. The number of aromatic nitrogens is 4. The Balaban J connectivity index is 2.24. The van der Waals surface area contributed by atoms with Crippen molar-refractivity contribution in [3.63, 3.8) is 0 Å². The first kappa shape index (κ1) is 11.9. The van der Waals surface area contributed by atoms with Gasteiger partial charge in [0.1, 0.15) is 23.7 Å². The van der Waals surface area contributed by atoms with Gasteiger partial charge in [0.05, 0.1) is 7.11 Å². The van der Waals surface area contributed by atoms with Gasteiger partial charge in [0.15, 0.2) is 11.3 Å². The van der Waals surface area contributed by atoms with Crippen LogP contribution in [0.4, 0.5) is 0 Å². The van der Waals surface area contributed by atoms with Gasteiger partial charge < -0.3 is 4.74 Å². The summed E-state index contributed by atoms with van der Waals surface area (Å²) in [6.45, 7) is 0. The summed E-state index contributed by atoms with van der Waals surface area (Å²) in [5, 5.41) is 8.99. The lowest BCUT2D eigenvalue weighted by atomic mass is 10.3. The van der Waals surface area contributed by atoms with Crippen LogP contribution < -0.4 is 10.4 Å². The summed E-state index contributed by atoms with van der Waals surface area (Å²) < 4.78 is 6.73. The highest BCUT2D eigenvalue weighted by Gasteiger charge is 2.11. The Labute approximate surface area is 113 Å². The molecule has 0 saturated carbocycles. The van der Waals surface area contributed by atoms with E-state index in [0.29, 0.717) is 11.2 Å². The summed E-state index contributed by atoms with van der Waals surface area (Å²) in [5.41, 5.74) is 1.00. The minimum atomic E-state index is -0.579. The van der Waals surface area contributed by atoms with Gasteiger partial charge in [-0.3, -0.25) is 9.55 Å². The first-order valence-corrected chi connectivity index (χ1v) is 5.75. The van der Waals surface area contributed by atoms with E-state index in [-0.39, 0.29) is 5.69 Å². The molecule has 0 bridgehead atoms. The fourth-order valence-electron chi connectivity index (χ4n) is 1.93. The second-order valence-electron chi connectivity index (χ2n) is 4.01. The molecule has 20 heavy (non-hydrogen) atoms. The van der Waals surface area contributed by atoms with Crippen LogP contribution in [-0.4, -0.2) is 26.6 Å². The Morgan fingerprint density at radius 3 is 2.75 bits per heavy atom. The van der Waals surface area contributed by atoms with Crippen molar-refractivity contribution in [1.29, 1.82) is 5.26 Å². The molecule has 3 aromatic rings. The molecule has 0 radical (unpaired) electrons. The molecule has 0 saturated heterocycles. The molecule has 7 nitrogen and oxygen atoms in total. The standard InChI is InChI=1S/C13H9N5O2/c1-20-9-4-2-8(3-5-9)18-7-15-11-10(6-14)16-13(19)17-12(11)18/h2-5,7H,1H3,(H,16,17,19). The van der Waals surface area contributed by atoms with Crippen LogP contribution in [0.5, 0.6) is 5.75 Å². The van der Waals surface area contributed by atoms with Gasteiger partial charge in [0.2, 0.25) is 0 Å². The van der Waals surface area contributed by atoms with Gasteiger partial charge in [-0.2, -0.15) is 10.2 Å². The second-order valence-corrected chi connectivity index (χ2v) is 4.01. The van der Waals surface area contributed by atoms with Crippen LogP contribution in [0, 0.1) is 11.3 Å². The van der Waals surface area contributed by atoms with Crippen molar-refractivity contribution in [1.82, 2.24) is 19.5 Å². The van der Waals surface area contributed by atoms with Crippen LogP contribution in [0.25, 0.3) is 16.9 Å². The molecule has 2 heterocycles. The smallest absolute Gasteiger partial charge is 0.348 e. The van der Waals surface area contributed by atoms with Gasteiger partial charge in [0.25, 0.3) is 0 Å². The molecule has 0 unspecified atom stereocenters. The lowest BCUT2D eigenvalue weighted by Crippen LogP contribution is -2.13. The van der Waals surface area contributed by atoms with Gasteiger partial charge >= 0.3 is 5.69 Å². The highest BCUT2D eigenvalue weighted by Crippen LogP contribution is 2.19. The molecule has 1 aromatic carbocycles. The highest BCUT2D eigenvalue weighted by atomic mass is 16.5. The van der Waals surface area contributed by atoms with Crippen LogP contribution in [-0.2, 0) is 0 Å². The molecule has 98 valence electrons. The van der Waals surface area contributed by atoms with Crippen LogP contribution in [0.2, 0.25) is 0 Å². The predicted molar refractivity (Wildman–Crippen MR) is 70.8 cm³/mol. The minimum absolute atomic E-state index is 0.104. The van der Waals surface area contributed by atoms with Gasteiger partial charge in [-0.15, -0.1) is 0 Å². The van der Waals surface area contributed by atoms with Crippen LogP contribution in [0.1, 0.15) is 5.69 Å². The zero-order chi connectivity index (χ0) is 14.1. The quantitative estimate of drug-likeness (QED) is 0.746. The third-order valence-electron chi connectivity index (χ3n) is 2.88. The molecule has 3 rings (SSSR count). The Hall–Kier alpha value is -3.14. The molecule has 0 amide bonds. The van der Waals surface area contributed by atoms with Crippen LogP contribution in [0.15, 0.2) is 35.4 Å². The maximum atomic E-state index is 11.5. The van der Waals surface area contributed by atoms with Crippen molar-refractivity contribution < 1.29 is 4.74 Å². The summed E-state index contributed by atoms with van der Waals surface area (Å²) in [6, 6.07) is 9.11. The number of methoxy groups -OCH3 is 1. The summed E-state index contributed by atoms with van der Waals surface area (Å²) in [6.07, 6.45) is 1.52. The number of ether oxygens (including phenoxy) is 1. The van der Waals surface area contributed by atoms with Gasteiger partial charge in [-0.1, -0.05) is 0 Å². The average Bonchev–Trinajstić information content (AvgIpc) is 2.90. The fourth-order valence-corrected chi connectivity index (χ4v) is 1.93. The van der Waals surface area contributed by atoms with E-state index in [2.05, 4.69) is 15.0 Å². The molecule has 0 aliphatic heterocycles. The first-order chi connectivity index (χ1) is 9.72. The van der Waals surface area contributed by atoms with Crippen molar-refractivity contribution in [3.05, 3.63) is 46.8 Å². The zero-order valence-electron chi connectivity index (χ0n) is 10.5.